The van der Waals surface area contributed by atoms with Crippen molar-refractivity contribution in [3.63, 3.8) is 0 Å². The van der Waals surface area contributed by atoms with Gasteiger partial charge in [0, 0.05) is 0 Å². The van der Waals surface area contributed by atoms with Gasteiger partial charge in [-0.15, -0.1) is 13.2 Å². The maximum atomic E-state index is 14.7. The molecule has 36 heavy (non-hydrogen) atoms. The molecular weight excluding hydrogens is 475 g/mol. The van der Waals surface area contributed by atoms with Gasteiger partial charge in [0.15, 0.2) is 0 Å². The molecule has 0 aliphatic heterocycles. The van der Waals surface area contributed by atoms with Crippen LogP contribution in [0.2, 0.25) is 0 Å². The van der Waals surface area contributed by atoms with Gasteiger partial charge in [-0.05, 0) is 104 Å². The molecule has 2 saturated carbocycles. The second-order valence-corrected chi connectivity index (χ2v) is 10.3. The first-order valence-corrected chi connectivity index (χ1v) is 12.8. The van der Waals surface area contributed by atoms with Crippen molar-refractivity contribution in [1.29, 1.82) is 0 Å². The average molecular weight is 509 g/mol. The Balaban J connectivity index is 1.28. The molecule has 7 heteroatoms. The van der Waals surface area contributed by atoms with Gasteiger partial charge in [-0.25, -0.2) is 0 Å². The average Bonchev–Trinajstić information content (AvgIpc) is 2.84. The summed E-state index contributed by atoms with van der Waals surface area (Å²) in [5.74, 6) is 1.78. The van der Waals surface area contributed by atoms with Crippen LogP contribution in [0.1, 0.15) is 75.3 Å². The van der Waals surface area contributed by atoms with Crippen LogP contribution in [0, 0.1) is 17.8 Å². The first-order chi connectivity index (χ1) is 17.1. The van der Waals surface area contributed by atoms with E-state index in [2.05, 4.69) is 23.8 Å². The van der Waals surface area contributed by atoms with Gasteiger partial charge in [0.05, 0.1) is 5.56 Å². The minimum atomic E-state index is -4.85. The van der Waals surface area contributed by atoms with Crippen molar-refractivity contribution in [3.05, 3.63) is 71.8 Å². The molecule has 2 aromatic rings. The van der Waals surface area contributed by atoms with Crippen molar-refractivity contribution < 1.29 is 31.4 Å². The summed E-state index contributed by atoms with van der Waals surface area (Å²) >= 11 is 0. The van der Waals surface area contributed by atoms with Gasteiger partial charge < -0.3 is 9.47 Å². The molecule has 2 aromatic carbocycles. The molecule has 0 heterocycles. The fourth-order valence-electron chi connectivity index (χ4n) is 5.30. The Kier molecular flexibility index (Phi) is 8.26. The maximum absolute atomic E-state index is 14.7. The first kappa shape index (κ1) is 26.5. The Morgan fingerprint density at radius 1 is 0.639 bits per heavy atom. The third-order valence-corrected chi connectivity index (χ3v) is 7.51. The quantitative estimate of drug-likeness (QED) is 0.274. The van der Waals surface area contributed by atoms with Gasteiger partial charge in [0.25, 0.3) is 0 Å². The maximum Gasteiger partial charge on any atom is 0.573 e. The standard InChI is InChI=1S/C29H33F5O2/c1-20-2-4-21(5-3-20)6-7-22-8-10-23(11-9-22)24-12-14-25(15-13-24)28(30,31)35-26-16-18-27(19-17-26)36-29(32,33)34/h6-7,12-23H,2-5,8-11H2,1H3/b7-6+. The van der Waals surface area contributed by atoms with Gasteiger partial charge in [0.1, 0.15) is 11.5 Å². The summed E-state index contributed by atoms with van der Waals surface area (Å²) in [6, 6.07) is 10.1. The summed E-state index contributed by atoms with van der Waals surface area (Å²) in [5, 5.41) is 0. The van der Waals surface area contributed by atoms with Crippen LogP contribution in [-0.4, -0.2) is 6.36 Å². The highest BCUT2D eigenvalue weighted by Gasteiger charge is 2.35. The third-order valence-electron chi connectivity index (χ3n) is 7.51. The number of hydrogen-bond donors (Lipinski definition) is 0. The van der Waals surface area contributed by atoms with Gasteiger partial charge in [-0.2, -0.15) is 8.78 Å². The van der Waals surface area contributed by atoms with Crippen LogP contribution in [0.25, 0.3) is 0 Å². The molecule has 0 aromatic heterocycles. The second-order valence-electron chi connectivity index (χ2n) is 10.3. The molecule has 2 aliphatic rings. The lowest BCUT2D eigenvalue weighted by atomic mass is 9.77. The molecule has 2 aliphatic carbocycles. The Bertz CT molecular complexity index is 982. The van der Waals surface area contributed by atoms with E-state index in [4.69, 9.17) is 4.74 Å². The van der Waals surface area contributed by atoms with Crippen molar-refractivity contribution >= 4 is 0 Å². The second kappa shape index (κ2) is 11.2. The molecular formula is C29H33F5O2. The highest BCUT2D eigenvalue weighted by atomic mass is 19.4. The molecule has 0 atom stereocenters. The van der Waals surface area contributed by atoms with Crippen LogP contribution in [0.5, 0.6) is 11.5 Å². The lowest BCUT2D eigenvalue weighted by Crippen LogP contribution is -2.22. The van der Waals surface area contributed by atoms with Crippen LogP contribution in [0.15, 0.2) is 60.7 Å². The number of ether oxygens (including phenoxy) is 2. The van der Waals surface area contributed by atoms with Crippen LogP contribution in [0.4, 0.5) is 22.0 Å². The monoisotopic (exact) mass is 508 g/mol. The van der Waals surface area contributed by atoms with E-state index in [1.807, 2.05) is 0 Å². The predicted octanol–water partition coefficient (Wildman–Crippen LogP) is 9.37. The van der Waals surface area contributed by atoms with Crippen LogP contribution < -0.4 is 9.47 Å². The predicted molar refractivity (Wildman–Crippen MR) is 129 cm³/mol. The Morgan fingerprint density at radius 2 is 1.11 bits per heavy atom. The fraction of sp³-hybridized carbons (Fsp3) is 0.517. The summed E-state index contributed by atoms with van der Waals surface area (Å²) in [6.07, 6.45) is 5.92. The number of halogens is 5. The highest BCUT2D eigenvalue weighted by molar-refractivity contribution is 5.33. The molecule has 0 saturated heterocycles. The molecule has 2 nitrogen and oxygen atoms in total. The van der Waals surface area contributed by atoms with E-state index in [0.29, 0.717) is 11.8 Å². The Morgan fingerprint density at radius 3 is 1.61 bits per heavy atom. The van der Waals surface area contributed by atoms with Gasteiger partial charge in [0.2, 0.25) is 0 Å². The molecule has 196 valence electrons. The normalized spacial score (nSPS) is 25.6. The Hall–Kier alpha value is -2.57. The number of hydrogen-bond acceptors (Lipinski definition) is 2. The molecule has 0 radical (unpaired) electrons. The molecule has 0 bridgehead atoms. The minimum absolute atomic E-state index is 0.257. The number of benzene rings is 2. The van der Waals surface area contributed by atoms with Crippen molar-refractivity contribution in [2.24, 2.45) is 17.8 Å². The summed E-state index contributed by atoms with van der Waals surface area (Å²) in [7, 11) is 0. The van der Waals surface area contributed by atoms with Crippen molar-refractivity contribution in [2.45, 2.75) is 76.7 Å². The van der Waals surface area contributed by atoms with Crippen LogP contribution in [-0.2, 0) is 6.11 Å². The number of rotatable bonds is 7. The van der Waals surface area contributed by atoms with Crippen molar-refractivity contribution in [2.75, 3.05) is 0 Å². The molecule has 0 amide bonds. The van der Waals surface area contributed by atoms with Crippen molar-refractivity contribution in [1.82, 2.24) is 0 Å². The smallest absolute Gasteiger partial charge is 0.429 e. The number of alkyl halides is 5. The topological polar surface area (TPSA) is 18.5 Å². The Labute approximate surface area is 209 Å². The molecule has 4 rings (SSSR count). The van der Waals surface area contributed by atoms with Crippen molar-refractivity contribution in [3.8, 4) is 11.5 Å². The van der Waals surface area contributed by atoms with E-state index >= 15 is 0 Å². The van der Waals surface area contributed by atoms with E-state index in [0.717, 1.165) is 67.3 Å². The largest absolute Gasteiger partial charge is 0.573 e. The van der Waals surface area contributed by atoms with Crippen LogP contribution in [0.3, 0.4) is 0 Å². The highest BCUT2D eigenvalue weighted by Crippen LogP contribution is 2.39. The van der Waals surface area contributed by atoms with E-state index in [-0.39, 0.29) is 11.3 Å². The minimum Gasteiger partial charge on any atom is -0.429 e. The first-order valence-electron chi connectivity index (χ1n) is 12.8. The number of allylic oxidation sites excluding steroid dienone is 2. The molecule has 2 fully saturated rings. The summed E-state index contributed by atoms with van der Waals surface area (Å²) in [5.41, 5.74) is 0.743. The van der Waals surface area contributed by atoms with Gasteiger partial charge in [-0.3, -0.25) is 0 Å². The molecule has 0 N–H and O–H groups in total. The van der Waals surface area contributed by atoms with E-state index < -0.39 is 18.2 Å². The summed E-state index contributed by atoms with van der Waals surface area (Å²) in [6.45, 7) is 2.33. The SMILES string of the molecule is CC1CCC(/C=C/C2CCC(c3ccc(C(F)(F)Oc4ccc(OC(F)(F)F)cc4)cc3)CC2)CC1. The zero-order valence-corrected chi connectivity index (χ0v) is 20.4. The zero-order valence-electron chi connectivity index (χ0n) is 20.4. The van der Waals surface area contributed by atoms with E-state index in [9.17, 15) is 22.0 Å². The summed E-state index contributed by atoms with van der Waals surface area (Å²) < 4.78 is 74.6. The third kappa shape index (κ3) is 7.47. The van der Waals surface area contributed by atoms with E-state index in [1.165, 1.54) is 37.8 Å². The zero-order chi connectivity index (χ0) is 25.8. The molecule has 0 unspecified atom stereocenters. The van der Waals surface area contributed by atoms with E-state index in [1.54, 1.807) is 12.1 Å². The lowest BCUT2D eigenvalue weighted by Gasteiger charge is -2.28. The fourth-order valence-corrected chi connectivity index (χ4v) is 5.30. The van der Waals surface area contributed by atoms with Crippen LogP contribution >= 0.6 is 0 Å². The lowest BCUT2D eigenvalue weighted by molar-refractivity contribution is -0.274. The van der Waals surface area contributed by atoms with Gasteiger partial charge in [-0.1, -0.05) is 44.1 Å². The summed E-state index contributed by atoms with van der Waals surface area (Å²) in [4.78, 5) is 0. The van der Waals surface area contributed by atoms with Gasteiger partial charge >= 0.3 is 12.5 Å². The molecule has 0 spiro atoms.